The van der Waals surface area contributed by atoms with E-state index in [9.17, 15) is 0 Å². The van der Waals surface area contributed by atoms with E-state index >= 15 is 0 Å². The van der Waals surface area contributed by atoms with Gasteiger partial charge < -0.3 is 0 Å². The molecule has 0 saturated heterocycles. The van der Waals surface area contributed by atoms with Gasteiger partial charge in [0, 0.05) is 16.5 Å². The molecule has 0 N–H and O–H groups in total. The minimum Gasteiger partial charge on any atom is -0.291 e. The lowest BCUT2D eigenvalue weighted by Crippen LogP contribution is -2.12. The molecule has 0 saturated carbocycles. The predicted molar refractivity (Wildman–Crippen MR) is 137 cm³/mol. The number of para-hydroxylation sites is 3. The zero-order valence-electron chi connectivity index (χ0n) is 20.4. The number of benzene rings is 2. The molecule has 0 spiro atoms. The third-order valence-corrected chi connectivity index (χ3v) is 6.08. The number of aryl methyl sites for hydroxylation is 1. The number of rotatable bonds is 2. The summed E-state index contributed by atoms with van der Waals surface area (Å²) in [5.41, 5.74) is 9.67. The molecule has 0 radical (unpaired) electrons. The number of hydrogen-bond donors (Lipinski definition) is 0. The van der Waals surface area contributed by atoms with Gasteiger partial charge in [0.2, 0.25) is 0 Å². The van der Waals surface area contributed by atoms with Gasteiger partial charge >= 0.3 is 0 Å². The number of hydrogen-bond acceptors (Lipinski definition) is 2. The zero-order valence-corrected chi connectivity index (χ0v) is 20.4. The molecule has 3 heterocycles. The average molecular weight is 424 g/mol. The van der Waals surface area contributed by atoms with E-state index < -0.39 is 0 Å². The lowest BCUT2D eigenvalue weighted by Gasteiger charge is -2.22. The number of pyridine rings is 2. The minimum absolute atomic E-state index is 0.184. The van der Waals surface area contributed by atoms with Gasteiger partial charge in [-0.15, -0.1) is 0 Å². The molecule has 5 rings (SSSR count). The summed E-state index contributed by atoms with van der Waals surface area (Å²) in [6, 6.07) is 17.5. The molecule has 0 atom stereocenters. The van der Waals surface area contributed by atoms with Crippen LogP contribution in [0.5, 0.6) is 0 Å². The van der Waals surface area contributed by atoms with Crippen molar-refractivity contribution in [2.75, 3.05) is 0 Å². The fourth-order valence-electron chi connectivity index (χ4n) is 5.03. The lowest BCUT2D eigenvalue weighted by molar-refractivity contribution is 0.407. The number of aromatic nitrogens is 3. The number of fused-ring (bicyclic) bond motifs is 8. The minimum atomic E-state index is 0.184. The van der Waals surface area contributed by atoms with Crippen molar-refractivity contribution < 1.29 is 0 Å². The van der Waals surface area contributed by atoms with Crippen LogP contribution in [0, 0.1) is 17.8 Å². The van der Waals surface area contributed by atoms with Crippen LogP contribution in [0.1, 0.15) is 58.4 Å². The highest BCUT2D eigenvalue weighted by Gasteiger charge is 2.22. The van der Waals surface area contributed by atoms with E-state index in [0.29, 0.717) is 0 Å². The zero-order chi connectivity index (χ0) is 22.8. The van der Waals surface area contributed by atoms with Crippen LogP contribution in [0.15, 0.2) is 48.5 Å². The van der Waals surface area contributed by atoms with E-state index in [-0.39, 0.29) is 10.8 Å². The molecule has 0 amide bonds. The van der Waals surface area contributed by atoms with Gasteiger partial charge in [0.1, 0.15) is 5.65 Å². The molecular formula is C29H33N3. The summed E-state index contributed by atoms with van der Waals surface area (Å²) in [4.78, 5) is 10.4. The Kier molecular flexibility index (Phi) is 4.60. The van der Waals surface area contributed by atoms with Crippen molar-refractivity contribution in [3.63, 3.8) is 0 Å². The largest absolute Gasteiger partial charge is 0.291 e. The number of imidazole rings is 1. The van der Waals surface area contributed by atoms with Crippen molar-refractivity contribution in [2.24, 2.45) is 10.8 Å². The molecule has 0 aliphatic heterocycles. The maximum atomic E-state index is 5.25. The molecule has 3 aromatic heterocycles. The van der Waals surface area contributed by atoms with Crippen LogP contribution in [-0.4, -0.2) is 14.4 Å². The second-order valence-electron chi connectivity index (χ2n) is 11.7. The summed E-state index contributed by atoms with van der Waals surface area (Å²) in [5, 5.41) is 2.38. The van der Waals surface area contributed by atoms with Gasteiger partial charge in [0.05, 0.1) is 22.1 Å². The normalized spacial score (nSPS) is 13.1. The summed E-state index contributed by atoms with van der Waals surface area (Å²) in [7, 11) is 0. The quantitative estimate of drug-likeness (QED) is 0.273. The number of nitrogens with zero attached hydrogens (tertiary/aromatic N) is 3. The van der Waals surface area contributed by atoms with Crippen molar-refractivity contribution in [3.8, 4) is 0 Å². The molecule has 3 nitrogen and oxygen atoms in total. The third-order valence-electron chi connectivity index (χ3n) is 6.08. The van der Waals surface area contributed by atoms with Gasteiger partial charge in [-0.3, -0.25) is 9.38 Å². The van der Waals surface area contributed by atoms with Crippen LogP contribution in [0.2, 0.25) is 0 Å². The van der Waals surface area contributed by atoms with Gasteiger partial charge in [-0.05, 0) is 59.9 Å². The van der Waals surface area contributed by atoms with E-state index in [1.165, 1.54) is 27.4 Å². The fourth-order valence-corrected chi connectivity index (χ4v) is 5.03. The highest BCUT2D eigenvalue weighted by Crippen LogP contribution is 2.37. The van der Waals surface area contributed by atoms with Crippen LogP contribution >= 0.6 is 0 Å². The Hall–Kier alpha value is -2.94. The van der Waals surface area contributed by atoms with E-state index in [1.807, 2.05) is 0 Å². The smallest absolute Gasteiger partial charge is 0.148 e. The van der Waals surface area contributed by atoms with Crippen molar-refractivity contribution >= 4 is 38.5 Å². The Labute approximate surface area is 190 Å². The van der Waals surface area contributed by atoms with E-state index in [4.69, 9.17) is 9.97 Å². The molecule has 5 aromatic rings. The Balaban J connectivity index is 2.00. The Morgan fingerprint density at radius 2 is 1.53 bits per heavy atom. The molecule has 164 valence electrons. The highest BCUT2D eigenvalue weighted by molar-refractivity contribution is 6.13. The molecule has 0 bridgehead atoms. The standard InChI is InChI=1S/C29H33N3/c1-18-15-20(17-29(5,6)7)30-25-21-12-10-11-19(16-28(2,3)4)26(21)32-23-14-9-8-13-22(23)31-27(32)24(18)25/h8-15H,16-17H2,1-7H3. The monoisotopic (exact) mass is 423 g/mol. The van der Waals surface area contributed by atoms with Gasteiger partial charge in [-0.2, -0.15) is 0 Å². The van der Waals surface area contributed by atoms with E-state index in [1.54, 1.807) is 0 Å². The SMILES string of the molecule is Cc1cc(CC(C)(C)C)nc2c3cccc(CC(C)(C)C)c3n3c4ccccc4nc3c12. The Bertz CT molecular complexity index is 1490. The van der Waals surface area contributed by atoms with Crippen LogP contribution in [0.25, 0.3) is 38.5 Å². The first-order valence-electron chi connectivity index (χ1n) is 11.6. The maximum absolute atomic E-state index is 5.25. The molecular weight excluding hydrogens is 390 g/mol. The molecule has 0 fully saturated rings. The molecule has 2 aromatic carbocycles. The van der Waals surface area contributed by atoms with Crippen LogP contribution in [0.4, 0.5) is 0 Å². The topological polar surface area (TPSA) is 30.2 Å². The van der Waals surface area contributed by atoms with Crippen LogP contribution in [0.3, 0.4) is 0 Å². The second-order valence-corrected chi connectivity index (χ2v) is 11.7. The summed E-state index contributed by atoms with van der Waals surface area (Å²) in [6.45, 7) is 16.0. The van der Waals surface area contributed by atoms with Gasteiger partial charge in [-0.25, -0.2) is 4.98 Å². The highest BCUT2D eigenvalue weighted by atomic mass is 15.0. The molecule has 3 heteroatoms. The summed E-state index contributed by atoms with van der Waals surface area (Å²) in [6.07, 6.45) is 1.95. The first-order chi connectivity index (χ1) is 15.0. The fraction of sp³-hybridized carbons (Fsp3) is 0.379. The molecule has 32 heavy (non-hydrogen) atoms. The van der Waals surface area contributed by atoms with Crippen molar-refractivity contribution in [2.45, 2.75) is 61.3 Å². The van der Waals surface area contributed by atoms with Gasteiger partial charge in [-0.1, -0.05) is 71.9 Å². The van der Waals surface area contributed by atoms with E-state index in [2.05, 4.69) is 101 Å². The van der Waals surface area contributed by atoms with Crippen molar-refractivity contribution in [1.29, 1.82) is 0 Å². The average Bonchev–Trinajstić information content (AvgIpc) is 3.04. The first-order valence-corrected chi connectivity index (χ1v) is 11.6. The van der Waals surface area contributed by atoms with Crippen molar-refractivity contribution in [3.05, 3.63) is 65.4 Å². The lowest BCUT2D eigenvalue weighted by atomic mass is 9.86. The summed E-state index contributed by atoms with van der Waals surface area (Å²) >= 11 is 0. The molecule has 0 aliphatic carbocycles. The summed E-state index contributed by atoms with van der Waals surface area (Å²) in [5.74, 6) is 0. The molecule has 0 unspecified atom stereocenters. The first kappa shape index (κ1) is 20.9. The predicted octanol–water partition coefficient (Wildman–Crippen LogP) is 7.67. The van der Waals surface area contributed by atoms with Crippen LogP contribution in [-0.2, 0) is 12.8 Å². The second kappa shape index (κ2) is 7.03. The van der Waals surface area contributed by atoms with Crippen LogP contribution < -0.4 is 0 Å². The third kappa shape index (κ3) is 3.54. The maximum Gasteiger partial charge on any atom is 0.148 e. The van der Waals surface area contributed by atoms with Gasteiger partial charge in [0.25, 0.3) is 0 Å². The van der Waals surface area contributed by atoms with Gasteiger partial charge in [0.15, 0.2) is 0 Å². The summed E-state index contributed by atoms with van der Waals surface area (Å²) < 4.78 is 2.38. The Morgan fingerprint density at radius 1 is 0.812 bits per heavy atom. The molecule has 0 aliphatic rings. The van der Waals surface area contributed by atoms with Crippen molar-refractivity contribution in [1.82, 2.24) is 14.4 Å². The Morgan fingerprint density at radius 3 is 2.25 bits per heavy atom. The van der Waals surface area contributed by atoms with E-state index in [0.717, 1.165) is 40.7 Å².